The smallest absolute Gasteiger partial charge is 0.380 e. The Morgan fingerprint density at radius 2 is 0.662 bits per heavy atom. The van der Waals surface area contributed by atoms with Gasteiger partial charge in [0.1, 0.15) is 11.1 Å². The van der Waals surface area contributed by atoms with Gasteiger partial charge in [-0.25, -0.2) is 0 Å². The molecule has 4 aromatic carbocycles. The number of allylic oxidation sites excluding steroid dienone is 2. The van der Waals surface area contributed by atoms with Crippen molar-refractivity contribution in [3.63, 3.8) is 0 Å². The molecule has 370 valence electrons. The zero-order valence-corrected chi connectivity index (χ0v) is 42.9. The van der Waals surface area contributed by atoms with E-state index >= 15 is 26.3 Å². The van der Waals surface area contributed by atoms with Crippen molar-refractivity contribution in [3.8, 4) is 43.1 Å². The van der Waals surface area contributed by atoms with Gasteiger partial charge in [-0.05, 0) is 152 Å². The molecule has 16 heteroatoms. The quantitative estimate of drug-likeness (QED) is 0.0861. The number of halogens is 6. The van der Waals surface area contributed by atoms with Gasteiger partial charge in [-0.3, -0.25) is 9.48 Å². The minimum absolute atomic E-state index is 0.00536. The highest BCUT2D eigenvalue weighted by atomic mass is 32.1. The molecular weight excluding hydrogens is 959 g/mol. The Morgan fingerprint density at radius 1 is 0.423 bits per heavy atom. The van der Waals surface area contributed by atoms with Gasteiger partial charge >= 0.3 is 29.4 Å². The monoisotopic (exact) mass is 1010 g/mol. The van der Waals surface area contributed by atoms with Gasteiger partial charge in [-0.1, -0.05) is 82.9 Å². The number of amidine groups is 2. The molecule has 2 aromatic heterocycles. The van der Waals surface area contributed by atoms with Crippen molar-refractivity contribution in [2.45, 2.75) is 123 Å². The van der Waals surface area contributed by atoms with Crippen LogP contribution in [0.3, 0.4) is 0 Å². The molecule has 6 aromatic rings. The van der Waals surface area contributed by atoms with E-state index < -0.39 is 51.1 Å². The van der Waals surface area contributed by atoms with Gasteiger partial charge in [0, 0.05) is 52.2 Å². The minimum Gasteiger partial charge on any atom is -0.714 e. The highest BCUT2D eigenvalue weighted by Gasteiger charge is 2.80. The lowest BCUT2D eigenvalue weighted by Crippen LogP contribution is -2.53. The summed E-state index contributed by atoms with van der Waals surface area (Å²) in [5.41, 5.74) is -2.05. The molecule has 0 spiro atoms. The van der Waals surface area contributed by atoms with Crippen molar-refractivity contribution in [2.24, 2.45) is 0 Å². The Balaban J connectivity index is 1.04. The number of hydrogen-bond acceptors (Lipinski definition) is 6. The predicted molar refractivity (Wildman–Crippen MR) is 268 cm³/mol. The van der Waals surface area contributed by atoms with Crippen LogP contribution >= 0.6 is 22.7 Å². The van der Waals surface area contributed by atoms with Gasteiger partial charge in [-0.15, -0.1) is 22.7 Å². The lowest BCUT2D eigenvalue weighted by Gasteiger charge is -2.32. The molecule has 71 heavy (non-hydrogen) atoms. The standard InChI is InChI=1S/C55H52F6N4O4S2/c1-29-41(31(3)70-45(29)37-21-13-33(14-22-37)35-17-25-39(26-18-35)47-62(66)49(5,6)50(7,8)63(47)67)43-44(54(58,59)55(60,61)53(43,56)57)42-30(2)46(71-32(42)4)38-23-15-34(16-24-38)36-19-27-40(28-20-36)48-64(68)51(9,10)52(11,12)65(48)69/h13-28H,1-12H3. The fourth-order valence-electron chi connectivity index (χ4n) is 9.92. The molecular formula is C55H52F6N4O4S2. The Kier molecular flexibility index (Phi) is 11.3. The lowest BCUT2D eigenvalue weighted by molar-refractivity contribution is -0.539. The normalized spacial score (nSPS) is 20.5. The van der Waals surface area contributed by atoms with Crippen molar-refractivity contribution in [2.75, 3.05) is 0 Å². The molecule has 0 amide bonds. The van der Waals surface area contributed by atoms with E-state index in [1.54, 1.807) is 152 Å². The van der Waals surface area contributed by atoms with Crippen LogP contribution in [0.2, 0.25) is 0 Å². The van der Waals surface area contributed by atoms with Gasteiger partial charge < -0.3 is 10.4 Å². The van der Waals surface area contributed by atoms with Crippen LogP contribution in [0.4, 0.5) is 26.3 Å². The fourth-order valence-corrected chi connectivity index (χ4v) is 12.3. The number of alkyl halides is 6. The number of benzene rings is 4. The van der Waals surface area contributed by atoms with Crippen LogP contribution < -0.4 is 0 Å². The van der Waals surface area contributed by atoms with Gasteiger partial charge in [-0.2, -0.15) is 26.3 Å². The van der Waals surface area contributed by atoms with Crippen molar-refractivity contribution in [3.05, 3.63) is 151 Å². The number of thiophene rings is 2. The zero-order valence-electron chi connectivity index (χ0n) is 41.2. The number of hydroxylamine groups is 6. The number of nitrogens with zero attached hydrogens (tertiary/aromatic N) is 4. The van der Waals surface area contributed by atoms with Crippen molar-refractivity contribution >= 4 is 45.5 Å². The molecule has 1 aliphatic carbocycles. The van der Waals surface area contributed by atoms with E-state index in [-0.39, 0.29) is 43.7 Å². The molecule has 0 bridgehead atoms. The second-order valence-corrected chi connectivity index (χ2v) is 23.3. The Bertz CT molecular complexity index is 3040. The number of hydrogen-bond donors (Lipinski definition) is 0. The van der Waals surface area contributed by atoms with Crippen LogP contribution in [0, 0.1) is 38.1 Å². The lowest BCUT2D eigenvalue weighted by atomic mass is 9.84. The Hall–Kier alpha value is -5.94. The van der Waals surface area contributed by atoms with Gasteiger partial charge in [0.15, 0.2) is 11.1 Å². The average molecular weight is 1010 g/mol. The molecule has 0 saturated heterocycles. The van der Waals surface area contributed by atoms with Crippen molar-refractivity contribution in [1.82, 2.24) is 10.1 Å². The summed E-state index contributed by atoms with van der Waals surface area (Å²) in [6, 6.07) is 27.9. The average Bonchev–Trinajstić information content (AvgIpc) is 3.88. The van der Waals surface area contributed by atoms with E-state index in [0.717, 1.165) is 64.5 Å². The second-order valence-electron chi connectivity index (χ2n) is 20.8. The van der Waals surface area contributed by atoms with E-state index in [1.807, 2.05) is 0 Å². The molecule has 0 fully saturated rings. The molecule has 8 nitrogen and oxygen atoms in total. The van der Waals surface area contributed by atoms with Crippen LogP contribution in [0.1, 0.15) is 98.5 Å². The number of rotatable bonds is 8. The largest absolute Gasteiger partial charge is 0.714 e. The summed E-state index contributed by atoms with van der Waals surface area (Å²) >= 11 is 2.11. The fraction of sp³-hybridized carbons (Fsp3) is 0.345. The Morgan fingerprint density at radius 3 is 0.901 bits per heavy atom. The highest BCUT2D eigenvalue weighted by Crippen LogP contribution is 2.67. The maximum Gasteiger partial charge on any atom is 0.380 e. The first-order valence-corrected chi connectivity index (χ1v) is 24.6. The molecule has 0 atom stereocenters. The molecule has 0 N–H and O–H groups in total. The van der Waals surface area contributed by atoms with Crippen molar-refractivity contribution in [1.29, 1.82) is 0 Å². The SMILES string of the molecule is Cc1sc(-c2ccc(-c3ccc(C4=[N+]([O-])C(C)(C)C(C)(C)N4[O])cc3)cc2)c(C)c1C1=C(c2c(C)sc(-c3ccc(-c4ccc(C5=[N+]([O-])C(C)(C)C(C)(C)N5[O])cc4)cc3)c2C)C(F)(F)C(F)(F)C1(F)F. The zero-order chi connectivity index (χ0) is 52.1. The van der Waals surface area contributed by atoms with Crippen LogP contribution in [0.15, 0.2) is 97.1 Å². The van der Waals surface area contributed by atoms with Gasteiger partial charge in [0.05, 0.1) is 11.1 Å². The maximum absolute atomic E-state index is 16.4. The molecule has 9 rings (SSSR count). The van der Waals surface area contributed by atoms with Crippen LogP contribution in [-0.4, -0.2) is 71.2 Å². The summed E-state index contributed by atoms with van der Waals surface area (Å²) in [5, 5.41) is 54.3. The third kappa shape index (κ3) is 6.83. The minimum atomic E-state index is -5.75. The Labute approximate surface area is 416 Å². The maximum atomic E-state index is 16.4. The van der Waals surface area contributed by atoms with Crippen LogP contribution in [0.25, 0.3) is 54.3 Å². The second kappa shape index (κ2) is 16.0. The summed E-state index contributed by atoms with van der Waals surface area (Å²) in [4.78, 5) is 1.25. The van der Waals surface area contributed by atoms with Crippen LogP contribution in [0.5, 0.6) is 0 Å². The summed E-state index contributed by atoms with van der Waals surface area (Å²) in [6.07, 6.45) is 0. The van der Waals surface area contributed by atoms with E-state index in [0.29, 0.717) is 32.0 Å². The van der Waals surface area contributed by atoms with E-state index in [2.05, 4.69) is 0 Å². The molecule has 2 radical (unpaired) electrons. The molecule has 0 saturated carbocycles. The highest BCUT2D eigenvalue weighted by molar-refractivity contribution is 7.16. The summed E-state index contributed by atoms with van der Waals surface area (Å²) in [5.74, 6) is -16.2. The van der Waals surface area contributed by atoms with Crippen LogP contribution in [-0.2, 0) is 10.4 Å². The predicted octanol–water partition coefficient (Wildman–Crippen LogP) is 14.5. The van der Waals surface area contributed by atoms with E-state index in [1.165, 1.54) is 27.7 Å². The van der Waals surface area contributed by atoms with E-state index in [9.17, 15) is 20.8 Å². The first-order chi connectivity index (χ1) is 32.8. The summed E-state index contributed by atoms with van der Waals surface area (Å²) < 4.78 is 98.8. The molecule has 3 aliphatic rings. The molecule has 0 unspecified atom stereocenters. The third-order valence-electron chi connectivity index (χ3n) is 15.9. The van der Waals surface area contributed by atoms with Gasteiger partial charge in [0.25, 0.3) is 0 Å². The molecule has 2 aliphatic heterocycles. The third-order valence-corrected chi connectivity index (χ3v) is 18.4. The van der Waals surface area contributed by atoms with E-state index in [4.69, 9.17) is 0 Å². The summed E-state index contributed by atoms with van der Waals surface area (Å²) in [6.45, 7) is 19.6. The first kappa shape index (κ1) is 50.0. The number of aryl methyl sites for hydroxylation is 2. The topological polar surface area (TPSA) is 98.4 Å². The molecule has 4 heterocycles. The van der Waals surface area contributed by atoms with Crippen molar-refractivity contribution < 1.29 is 46.2 Å². The summed E-state index contributed by atoms with van der Waals surface area (Å²) in [7, 11) is 0. The van der Waals surface area contributed by atoms with Gasteiger partial charge in [0.2, 0.25) is 0 Å². The first-order valence-electron chi connectivity index (χ1n) is 23.0.